The second-order valence-corrected chi connectivity index (χ2v) is 10.9. The normalized spacial score (nSPS) is 13.6. The molecule has 4 aromatic rings. The van der Waals surface area contributed by atoms with Crippen LogP contribution in [0.3, 0.4) is 0 Å². The molecule has 0 saturated heterocycles. The number of carbonyl (C=O) groups is 2. The van der Waals surface area contributed by atoms with Gasteiger partial charge in [-0.15, -0.1) is 5.10 Å². The van der Waals surface area contributed by atoms with Gasteiger partial charge in [-0.1, -0.05) is 35.5 Å². The lowest BCUT2D eigenvalue weighted by Crippen LogP contribution is -2.50. The summed E-state index contributed by atoms with van der Waals surface area (Å²) in [5, 5.41) is 11.6. The summed E-state index contributed by atoms with van der Waals surface area (Å²) in [4.78, 5) is 29.8. The Hall–Kier alpha value is -4.20. The summed E-state index contributed by atoms with van der Waals surface area (Å²) < 4.78 is 7.23. The number of para-hydroxylation sites is 1. The molecule has 8 heteroatoms. The second kappa shape index (κ2) is 10.9. The van der Waals surface area contributed by atoms with Crippen molar-refractivity contribution in [2.45, 2.75) is 65.1 Å². The molecule has 0 spiro atoms. The van der Waals surface area contributed by atoms with Crippen molar-refractivity contribution < 1.29 is 14.3 Å². The molecule has 0 aliphatic heterocycles. The Labute approximate surface area is 229 Å². The van der Waals surface area contributed by atoms with Crippen LogP contribution in [0.25, 0.3) is 11.0 Å². The number of ether oxygens (including phenoxy) is 1. The van der Waals surface area contributed by atoms with E-state index in [0.717, 1.165) is 24.8 Å². The van der Waals surface area contributed by atoms with Crippen LogP contribution in [0.4, 0.5) is 5.69 Å². The molecule has 0 unspecified atom stereocenters. The van der Waals surface area contributed by atoms with Gasteiger partial charge in [0.15, 0.2) is 0 Å². The van der Waals surface area contributed by atoms with Gasteiger partial charge in [0, 0.05) is 11.2 Å². The number of nitrogens with one attached hydrogen (secondary N) is 1. The summed E-state index contributed by atoms with van der Waals surface area (Å²) >= 11 is 0. The van der Waals surface area contributed by atoms with Crippen LogP contribution in [0, 0.1) is 0 Å². The molecule has 5 rings (SSSR count). The van der Waals surface area contributed by atoms with E-state index < -0.39 is 11.6 Å². The monoisotopic (exact) mass is 525 g/mol. The van der Waals surface area contributed by atoms with Gasteiger partial charge < -0.3 is 10.1 Å². The summed E-state index contributed by atoms with van der Waals surface area (Å²) in [5.41, 5.74) is 4.88. The lowest BCUT2D eigenvalue weighted by molar-refractivity contribution is -0.128. The zero-order chi connectivity index (χ0) is 27.6. The zero-order valence-electron chi connectivity index (χ0n) is 23.0. The molecule has 0 radical (unpaired) electrons. The van der Waals surface area contributed by atoms with E-state index in [9.17, 15) is 9.59 Å². The fourth-order valence-electron chi connectivity index (χ4n) is 5.15. The average Bonchev–Trinajstić information content (AvgIpc) is 3.53. The maximum atomic E-state index is 14.2. The maximum Gasteiger partial charge on any atom is 0.249 e. The molecular weight excluding hydrogens is 490 g/mol. The van der Waals surface area contributed by atoms with Gasteiger partial charge in [0.2, 0.25) is 11.8 Å². The number of hydrogen-bond acceptors (Lipinski definition) is 5. The first kappa shape index (κ1) is 26.4. The molecule has 39 heavy (non-hydrogen) atoms. The summed E-state index contributed by atoms with van der Waals surface area (Å²) in [5.74, 6) is 0.191. The predicted molar refractivity (Wildman–Crippen MR) is 152 cm³/mol. The Bertz CT molecular complexity index is 1490. The van der Waals surface area contributed by atoms with E-state index in [0.29, 0.717) is 29.1 Å². The van der Waals surface area contributed by atoms with Crippen molar-refractivity contribution >= 4 is 28.5 Å². The Morgan fingerprint density at radius 2 is 1.77 bits per heavy atom. The predicted octanol–water partition coefficient (Wildman–Crippen LogP) is 5.01. The SMILES string of the molecule is CCOc1ccc([C@H](C(=O)NC(C)(C)C)N(C(=O)Cn2nnc3ccccc32)c2ccc3c(c2)CCC3)cc1. The first-order valence-electron chi connectivity index (χ1n) is 13.5. The third-order valence-electron chi connectivity index (χ3n) is 6.85. The van der Waals surface area contributed by atoms with E-state index in [1.54, 1.807) is 9.58 Å². The molecule has 1 atom stereocenters. The quantitative estimate of drug-likeness (QED) is 0.349. The standard InChI is InChI=1S/C31H35N5O3/c1-5-39-25-17-14-22(15-18-25)29(30(38)32-31(2,3)4)36(24-16-13-21-9-8-10-23(21)19-24)28(37)20-35-27-12-7-6-11-26(27)33-34-35/h6-7,11-19,29H,5,8-10,20H2,1-4H3,(H,32,38)/t29-/m1/s1. The highest BCUT2D eigenvalue weighted by Crippen LogP contribution is 2.34. The van der Waals surface area contributed by atoms with Crippen molar-refractivity contribution in [3.63, 3.8) is 0 Å². The van der Waals surface area contributed by atoms with E-state index in [1.807, 2.05) is 82.3 Å². The Kier molecular flexibility index (Phi) is 7.37. The van der Waals surface area contributed by atoms with E-state index >= 15 is 0 Å². The minimum absolute atomic E-state index is 0.0616. The van der Waals surface area contributed by atoms with Gasteiger partial charge in [0.25, 0.3) is 0 Å². The Morgan fingerprint density at radius 3 is 2.51 bits per heavy atom. The molecule has 1 aliphatic carbocycles. The van der Waals surface area contributed by atoms with Gasteiger partial charge in [-0.25, -0.2) is 4.68 Å². The number of carbonyl (C=O) groups excluding carboxylic acids is 2. The molecule has 3 aromatic carbocycles. The molecule has 2 amide bonds. The van der Waals surface area contributed by atoms with E-state index in [-0.39, 0.29) is 18.4 Å². The van der Waals surface area contributed by atoms with E-state index in [1.165, 1.54) is 11.1 Å². The first-order chi connectivity index (χ1) is 18.7. The van der Waals surface area contributed by atoms with Gasteiger partial charge in [-0.3, -0.25) is 14.5 Å². The van der Waals surface area contributed by atoms with Crippen molar-refractivity contribution in [1.82, 2.24) is 20.3 Å². The van der Waals surface area contributed by atoms with Crippen LogP contribution in [0.1, 0.15) is 56.8 Å². The maximum absolute atomic E-state index is 14.2. The number of hydrogen-bond donors (Lipinski definition) is 1. The number of fused-ring (bicyclic) bond motifs is 2. The number of aromatic nitrogens is 3. The van der Waals surface area contributed by atoms with Gasteiger partial charge in [-0.05, 0) is 100 Å². The lowest BCUT2D eigenvalue weighted by Gasteiger charge is -2.34. The third-order valence-corrected chi connectivity index (χ3v) is 6.85. The molecule has 202 valence electrons. The van der Waals surface area contributed by atoms with E-state index in [2.05, 4.69) is 27.8 Å². The van der Waals surface area contributed by atoms with Crippen LogP contribution in [-0.4, -0.2) is 39.0 Å². The van der Waals surface area contributed by atoms with Crippen LogP contribution in [0.2, 0.25) is 0 Å². The van der Waals surface area contributed by atoms with Crippen molar-refractivity contribution in [2.24, 2.45) is 0 Å². The van der Waals surface area contributed by atoms with Gasteiger partial charge >= 0.3 is 0 Å². The summed E-state index contributed by atoms with van der Waals surface area (Å²) in [6, 6.07) is 20.1. The molecule has 0 saturated carbocycles. The van der Waals surface area contributed by atoms with Gasteiger partial charge in [0.05, 0.1) is 12.1 Å². The first-order valence-corrected chi connectivity index (χ1v) is 13.5. The smallest absolute Gasteiger partial charge is 0.249 e. The topological polar surface area (TPSA) is 89.4 Å². The fourth-order valence-corrected chi connectivity index (χ4v) is 5.15. The molecule has 0 fully saturated rings. The number of aryl methyl sites for hydroxylation is 2. The molecular formula is C31H35N5O3. The number of benzene rings is 3. The molecule has 1 aliphatic rings. The van der Waals surface area contributed by atoms with Crippen LogP contribution in [-0.2, 0) is 29.0 Å². The largest absolute Gasteiger partial charge is 0.494 e. The van der Waals surface area contributed by atoms with E-state index in [4.69, 9.17) is 4.74 Å². The van der Waals surface area contributed by atoms with Crippen molar-refractivity contribution in [1.29, 1.82) is 0 Å². The number of nitrogens with zero attached hydrogens (tertiary/aromatic N) is 4. The molecule has 1 N–H and O–H groups in total. The minimum atomic E-state index is -0.901. The average molecular weight is 526 g/mol. The number of anilines is 1. The van der Waals surface area contributed by atoms with Crippen molar-refractivity contribution in [2.75, 3.05) is 11.5 Å². The summed E-state index contributed by atoms with van der Waals surface area (Å²) in [7, 11) is 0. The minimum Gasteiger partial charge on any atom is -0.494 e. The Balaban J connectivity index is 1.61. The van der Waals surface area contributed by atoms with Crippen molar-refractivity contribution in [3.8, 4) is 5.75 Å². The highest BCUT2D eigenvalue weighted by atomic mass is 16.5. The molecule has 8 nitrogen and oxygen atoms in total. The lowest BCUT2D eigenvalue weighted by atomic mass is 9.99. The van der Waals surface area contributed by atoms with Gasteiger partial charge in [-0.2, -0.15) is 0 Å². The Morgan fingerprint density at radius 1 is 1.03 bits per heavy atom. The number of amides is 2. The zero-order valence-corrected chi connectivity index (χ0v) is 23.0. The summed E-state index contributed by atoms with van der Waals surface area (Å²) in [6.45, 7) is 8.21. The fraction of sp³-hybridized carbons (Fsp3) is 0.355. The highest BCUT2D eigenvalue weighted by Gasteiger charge is 2.35. The van der Waals surface area contributed by atoms with Crippen molar-refractivity contribution in [3.05, 3.63) is 83.4 Å². The third kappa shape index (κ3) is 5.79. The van der Waals surface area contributed by atoms with Gasteiger partial charge in [0.1, 0.15) is 23.9 Å². The second-order valence-electron chi connectivity index (χ2n) is 10.9. The molecule has 1 heterocycles. The van der Waals surface area contributed by atoms with Crippen LogP contribution in [0.15, 0.2) is 66.7 Å². The van der Waals surface area contributed by atoms with Crippen LogP contribution in [0.5, 0.6) is 5.75 Å². The molecule has 0 bridgehead atoms. The highest BCUT2D eigenvalue weighted by molar-refractivity contribution is 6.01. The van der Waals surface area contributed by atoms with Crippen LogP contribution < -0.4 is 15.0 Å². The number of rotatable bonds is 8. The molecule has 1 aromatic heterocycles. The summed E-state index contributed by atoms with van der Waals surface area (Å²) in [6.07, 6.45) is 3.08. The van der Waals surface area contributed by atoms with Crippen LogP contribution >= 0.6 is 0 Å².